The second-order valence-electron chi connectivity index (χ2n) is 8.28. The van der Waals surface area contributed by atoms with Crippen molar-refractivity contribution >= 4 is 5.65 Å². The lowest BCUT2D eigenvalue weighted by atomic mass is 10.1. The molecule has 170 valence electrons. The fourth-order valence-corrected chi connectivity index (χ4v) is 4.01. The van der Waals surface area contributed by atoms with Crippen molar-refractivity contribution in [3.63, 3.8) is 0 Å². The summed E-state index contributed by atoms with van der Waals surface area (Å²) < 4.78 is 60.2. The van der Waals surface area contributed by atoms with E-state index in [1.807, 2.05) is 0 Å². The number of para-hydroxylation sites is 1. The van der Waals surface area contributed by atoms with Crippen LogP contribution in [0.2, 0.25) is 0 Å². The maximum atomic E-state index is 14.9. The number of nitrogens with zero attached hydrogens (tertiary/aromatic N) is 4. The summed E-state index contributed by atoms with van der Waals surface area (Å²) in [6.07, 6.45) is 6.26. The number of aromatic nitrogens is 4. The number of fused-ring (bicyclic) bond motifs is 1. The molecule has 0 aliphatic heterocycles. The summed E-state index contributed by atoms with van der Waals surface area (Å²) in [7, 11) is 0. The highest BCUT2D eigenvalue weighted by molar-refractivity contribution is 5.64. The van der Waals surface area contributed by atoms with Gasteiger partial charge >= 0.3 is 6.61 Å². The third-order valence-corrected chi connectivity index (χ3v) is 6.10. The largest absolute Gasteiger partial charge is 0.435 e. The van der Waals surface area contributed by atoms with E-state index in [2.05, 4.69) is 19.7 Å². The van der Waals surface area contributed by atoms with E-state index in [-0.39, 0.29) is 17.7 Å². The Balaban J connectivity index is 1.53. The maximum absolute atomic E-state index is 14.9. The molecular formula is C24H20F4N4O. The van der Waals surface area contributed by atoms with Crippen LogP contribution in [0.15, 0.2) is 48.9 Å². The number of alkyl halides is 3. The Morgan fingerprint density at radius 3 is 2.55 bits per heavy atom. The van der Waals surface area contributed by atoms with Crippen molar-refractivity contribution in [2.24, 2.45) is 0 Å². The Kier molecular flexibility index (Phi) is 5.26. The molecule has 0 saturated heterocycles. The van der Waals surface area contributed by atoms with E-state index in [4.69, 9.17) is 0 Å². The van der Waals surface area contributed by atoms with Gasteiger partial charge in [0.15, 0.2) is 0 Å². The number of halogens is 4. The van der Waals surface area contributed by atoms with Gasteiger partial charge in [0.25, 0.3) is 0 Å². The van der Waals surface area contributed by atoms with Gasteiger partial charge in [0, 0.05) is 53.5 Å². The van der Waals surface area contributed by atoms with E-state index in [1.54, 1.807) is 35.7 Å². The normalized spacial score (nSPS) is 14.7. The lowest BCUT2D eigenvalue weighted by molar-refractivity contribution is -0.0503. The van der Waals surface area contributed by atoms with Gasteiger partial charge in [-0.3, -0.25) is 0 Å². The molecule has 0 radical (unpaired) electrons. The minimum atomic E-state index is -2.94. The SMILES string of the molecule is Cc1nc2cc(F)c(-c3cnc(C4(CF)CC4)nc3)cn2c1Cc1ccccc1OC(F)F. The molecule has 0 spiro atoms. The summed E-state index contributed by atoms with van der Waals surface area (Å²) in [5.74, 6) is 0.0172. The fourth-order valence-electron chi connectivity index (χ4n) is 4.01. The molecule has 1 fully saturated rings. The predicted octanol–water partition coefficient (Wildman–Crippen LogP) is 5.43. The molecule has 1 aliphatic rings. The van der Waals surface area contributed by atoms with E-state index in [0.717, 1.165) is 0 Å². The van der Waals surface area contributed by atoms with Gasteiger partial charge in [0.2, 0.25) is 0 Å². The van der Waals surface area contributed by atoms with Crippen LogP contribution in [0.3, 0.4) is 0 Å². The molecule has 1 aliphatic carbocycles. The number of hydrogen-bond acceptors (Lipinski definition) is 4. The van der Waals surface area contributed by atoms with Gasteiger partial charge in [-0.1, -0.05) is 18.2 Å². The minimum absolute atomic E-state index is 0.0787. The van der Waals surface area contributed by atoms with Crippen LogP contribution < -0.4 is 4.74 Å². The number of rotatable bonds is 7. The quantitative estimate of drug-likeness (QED) is 0.348. The van der Waals surface area contributed by atoms with Crippen LogP contribution in [0.1, 0.15) is 35.6 Å². The van der Waals surface area contributed by atoms with Crippen molar-refractivity contribution in [1.82, 2.24) is 19.4 Å². The monoisotopic (exact) mass is 456 g/mol. The molecule has 9 heteroatoms. The highest BCUT2D eigenvalue weighted by Crippen LogP contribution is 2.46. The minimum Gasteiger partial charge on any atom is -0.435 e. The Morgan fingerprint density at radius 2 is 1.88 bits per heavy atom. The summed E-state index contributed by atoms with van der Waals surface area (Å²) in [5.41, 5.74) is 2.42. The molecule has 1 saturated carbocycles. The predicted molar refractivity (Wildman–Crippen MR) is 114 cm³/mol. The van der Waals surface area contributed by atoms with E-state index >= 15 is 0 Å². The molecule has 4 aromatic rings. The fraction of sp³-hybridized carbons (Fsp3) is 0.292. The standard InChI is InChI=1S/C24H20F4N4O/c1-14-19(8-15-4-2-3-5-20(15)33-23(27)28)32-12-17(18(26)9-21(32)31-14)16-10-29-22(30-11-16)24(13-25)6-7-24/h2-5,9-12,23H,6-8,13H2,1H3. The molecule has 5 rings (SSSR count). The number of aryl methyl sites for hydroxylation is 1. The van der Waals surface area contributed by atoms with Gasteiger partial charge in [-0.2, -0.15) is 8.78 Å². The summed E-state index contributed by atoms with van der Waals surface area (Å²) in [6, 6.07) is 7.85. The highest BCUT2D eigenvalue weighted by atomic mass is 19.3. The van der Waals surface area contributed by atoms with Gasteiger partial charge in [-0.15, -0.1) is 0 Å². The molecule has 0 atom stereocenters. The molecular weight excluding hydrogens is 436 g/mol. The molecule has 3 aromatic heterocycles. The summed E-state index contributed by atoms with van der Waals surface area (Å²) in [5, 5.41) is 0. The van der Waals surface area contributed by atoms with Crippen LogP contribution in [0.25, 0.3) is 16.8 Å². The van der Waals surface area contributed by atoms with Crippen LogP contribution in [0.5, 0.6) is 5.75 Å². The van der Waals surface area contributed by atoms with Crippen molar-refractivity contribution in [3.05, 3.63) is 77.5 Å². The molecule has 5 nitrogen and oxygen atoms in total. The second-order valence-corrected chi connectivity index (χ2v) is 8.28. The average Bonchev–Trinajstić information content (AvgIpc) is 3.54. The summed E-state index contributed by atoms with van der Waals surface area (Å²) >= 11 is 0. The lowest BCUT2D eigenvalue weighted by Gasteiger charge is -2.12. The van der Waals surface area contributed by atoms with Crippen LogP contribution in [0, 0.1) is 12.7 Å². The topological polar surface area (TPSA) is 52.3 Å². The van der Waals surface area contributed by atoms with Crippen LogP contribution >= 0.6 is 0 Å². The Morgan fingerprint density at radius 1 is 1.15 bits per heavy atom. The lowest BCUT2D eigenvalue weighted by Crippen LogP contribution is -2.13. The zero-order valence-corrected chi connectivity index (χ0v) is 17.7. The van der Waals surface area contributed by atoms with Crippen molar-refractivity contribution in [2.45, 2.75) is 38.2 Å². The number of ether oxygens (including phenoxy) is 1. The number of hydrogen-bond donors (Lipinski definition) is 0. The Labute approximate surface area is 187 Å². The smallest absolute Gasteiger partial charge is 0.387 e. The number of benzene rings is 1. The van der Waals surface area contributed by atoms with Crippen LogP contribution in [-0.2, 0) is 11.8 Å². The average molecular weight is 456 g/mol. The molecule has 33 heavy (non-hydrogen) atoms. The molecule has 3 heterocycles. The number of imidazole rings is 1. The van der Waals surface area contributed by atoms with E-state index in [1.165, 1.54) is 24.5 Å². The first-order valence-electron chi connectivity index (χ1n) is 10.5. The first-order chi connectivity index (χ1) is 15.9. The number of pyridine rings is 1. The van der Waals surface area contributed by atoms with Gasteiger partial charge in [-0.05, 0) is 25.8 Å². The summed E-state index contributed by atoms with van der Waals surface area (Å²) in [6.45, 7) is -1.67. The highest BCUT2D eigenvalue weighted by Gasteiger charge is 2.47. The first kappa shape index (κ1) is 21.4. The third-order valence-electron chi connectivity index (χ3n) is 6.10. The molecule has 0 unspecified atom stereocenters. The van der Waals surface area contributed by atoms with Crippen LogP contribution in [0.4, 0.5) is 17.6 Å². The van der Waals surface area contributed by atoms with E-state index in [9.17, 15) is 17.6 Å². The van der Waals surface area contributed by atoms with Gasteiger partial charge in [0.05, 0.1) is 11.1 Å². The Bertz CT molecular complexity index is 1320. The third kappa shape index (κ3) is 3.92. The zero-order valence-electron chi connectivity index (χ0n) is 17.7. The van der Waals surface area contributed by atoms with Gasteiger partial charge in [-0.25, -0.2) is 23.7 Å². The van der Waals surface area contributed by atoms with Gasteiger partial charge < -0.3 is 9.14 Å². The molecule has 0 N–H and O–H groups in total. The van der Waals surface area contributed by atoms with Crippen molar-refractivity contribution in [3.8, 4) is 16.9 Å². The van der Waals surface area contributed by atoms with Crippen molar-refractivity contribution in [1.29, 1.82) is 0 Å². The van der Waals surface area contributed by atoms with Crippen LogP contribution in [-0.4, -0.2) is 32.6 Å². The second kappa shape index (κ2) is 8.13. The summed E-state index contributed by atoms with van der Waals surface area (Å²) in [4.78, 5) is 13.0. The molecule has 0 amide bonds. The van der Waals surface area contributed by atoms with E-state index in [0.29, 0.717) is 46.8 Å². The maximum Gasteiger partial charge on any atom is 0.387 e. The van der Waals surface area contributed by atoms with E-state index < -0.39 is 24.5 Å². The molecule has 1 aromatic carbocycles. The first-order valence-corrected chi connectivity index (χ1v) is 10.5. The Hall–Kier alpha value is -3.49. The van der Waals surface area contributed by atoms with Gasteiger partial charge in [0.1, 0.15) is 29.7 Å². The van der Waals surface area contributed by atoms with Crippen molar-refractivity contribution in [2.75, 3.05) is 6.67 Å². The molecule has 0 bridgehead atoms. The van der Waals surface area contributed by atoms with Crippen molar-refractivity contribution < 1.29 is 22.3 Å². The zero-order chi connectivity index (χ0) is 23.2.